The van der Waals surface area contributed by atoms with Crippen LogP contribution in [0.5, 0.6) is 5.75 Å². The normalized spacial score (nSPS) is 11.1. The number of aromatic hydroxyl groups is 1. The molecule has 0 saturated heterocycles. The van der Waals surface area contributed by atoms with E-state index in [1.807, 2.05) is 36.4 Å². The minimum atomic E-state index is -0.202. The van der Waals surface area contributed by atoms with Gasteiger partial charge in [0.05, 0.1) is 5.52 Å². The molecule has 1 heterocycles. The van der Waals surface area contributed by atoms with Gasteiger partial charge in [0.2, 0.25) is 0 Å². The molecule has 1 aromatic heterocycles. The van der Waals surface area contributed by atoms with E-state index in [4.69, 9.17) is 0 Å². The topological polar surface area (TPSA) is 42.2 Å². The molecule has 0 spiro atoms. The number of hydrogen-bond donors (Lipinski definition) is 1. The Bertz CT molecular complexity index is 787. The maximum absolute atomic E-state index is 11.7. The minimum Gasteiger partial charge on any atom is -0.507 e. The fourth-order valence-corrected chi connectivity index (χ4v) is 2.22. The lowest BCUT2D eigenvalue weighted by Crippen LogP contribution is -2.15. The first-order chi connectivity index (χ1) is 8.18. The predicted molar refractivity (Wildman–Crippen MR) is 68.4 cm³/mol. The van der Waals surface area contributed by atoms with Crippen molar-refractivity contribution in [3.8, 4) is 5.75 Å². The van der Waals surface area contributed by atoms with Gasteiger partial charge in [-0.05, 0) is 11.5 Å². The fourth-order valence-electron chi connectivity index (χ4n) is 2.22. The molecule has 0 atom stereocenters. The summed E-state index contributed by atoms with van der Waals surface area (Å²) in [5.41, 5.74) is 0.569. The Morgan fingerprint density at radius 1 is 1.06 bits per heavy atom. The van der Waals surface area contributed by atoms with Crippen LogP contribution in [0.3, 0.4) is 0 Å². The Balaban J connectivity index is 2.70. The number of pyridine rings is 1. The van der Waals surface area contributed by atoms with Gasteiger partial charge in [-0.1, -0.05) is 30.3 Å². The van der Waals surface area contributed by atoms with Crippen molar-refractivity contribution in [1.29, 1.82) is 0 Å². The summed E-state index contributed by atoms with van der Waals surface area (Å²) in [6.45, 7) is 0. The molecule has 0 amide bonds. The van der Waals surface area contributed by atoms with Crippen LogP contribution in [0.25, 0.3) is 21.7 Å². The van der Waals surface area contributed by atoms with Crippen molar-refractivity contribution in [2.75, 3.05) is 0 Å². The number of benzene rings is 2. The summed E-state index contributed by atoms with van der Waals surface area (Å²) in [5.74, 6) is 0.0360. The van der Waals surface area contributed by atoms with Crippen LogP contribution in [0.15, 0.2) is 47.3 Å². The van der Waals surface area contributed by atoms with E-state index in [1.165, 1.54) is 6.07 Å². The van der Waals surface area contributed by atoms with Crippen molar-refractivity contribution in [1.82, 2.24) is 4.57 Å². The summed E-state index contributed by atoms with van der Waals surface area (Å²) in [7, 11) is 1.72. The molecule has 0 aliphatic rings. The molecule has 0 radical (unpaired) electrons. The van der Waals surface area contributed by atoms with E-state index in [1.54, 1.807) is 11.6 Å². The predicted octanol–water partition coefficient (Wildman–Crippen LogP) is 2.40. The SMILES string of the molecule is Cn1c(=O)cc(O)c2ccc3ccccc3c21. The summed E-state index contributed by atoms with van der Waals surface area (Å²) in [5, 5.41) is 12.6. The molecule has 0 aliphatic carbocycles. The van der Waals surface area contributed by atoms with E-state index in [-0.39, 0.29) is 11.3 Å². The smallest absolute Gasteiger partial charge is 0.254 e. The third kappa shape index (κ3) is 1.32. The van der Waals surface area contributed by atoms with Crippen LogP contribution in [0.1, 0.15) is 0 Å². The van der Waals surface area contributed by atoms with Gasteiger partial charge in [0, 0.05) is 23.9 Å². The quantitative estimate of drug-likeness (QED) is 0.597. The molecule has 3 aromatic rings. The maximum Gasteiger partial charge on any atom is 0.254 e. The molecular formula is C14H11NO2. The zero-order valence-electron chi connectivity index (χ0n) is 9.34. The summed E-state index contributed by atoms with van der Waals surface area (Å²) in [6.07, 6.45) is 0. The summed E-state index contributed by atoms with van der Waals surface area (Å²) in [4.78, 5) is 11.7. The molecule has 1 N–H and O–H groups in total. The van der Waals surface area contributed by atoms with Gasteiger partial charge in [0.25, 0.3) is 5.56 Å². The highest BCUT2D eigenvalue weighted by atomic mass is 16.3. The number of aryl methyl sites for hydroxylation is 1. The van der Waals surface area contributed by atoms with Gasteiger partial charge in [0.15, 0.2) is 0 Å². The third-order valence-electron chi connectivity index (χ3n) is 3.10. The van der Waals surface area contributed by atoms with Crippen LogP contribution in [0.2, 0.25) is 0 Å². The van der Waals surface area contributed by atoms with E-state index >= 15 is 0 Å². The van der Waals surface area contributed by atoms with Crippen molar-refractivity contribution in [3.05, 3.63) is 52.8 Å². The second-order valence-corrected chi connectivity index (χ2v) is 4.11. The number of rotatable bonds is 0. The molecule has 0 aliphatic heterocycles. The van der Waals surface area contributed by atoms with Gasteiger partial charge in [0.1, 0.15) is 5.75 Å². The van der Waals surface area contributed by atoms with Gasteiger partial charge in [-0.25, -0.2) is 0 Å². The van der Waals surface area contributed by atoms with Gasteiger partial charge < -0.3 is 9.67 Å². The van der Waals surface area contributed by atoms with Crippen molar-refractivity contribution >= 4 is 21.7 Å². The Morgan fingerprint density at radius 2 is 1.82 bits per heavy atom. The number of hydrogen-bond acceptors (Lipinski definition) is 2. The second kappa shape index (κ2) is 3.35. The summed E-state index contributed by atoms with van der Waals surface area (Å²) in [6, 6.07) is 12.9. The molecule has 17 heavy (non-hydrogen) atoms. The van der Waals surface area contributed by atoms with E-state index in [0.717, 1.165) is 16.3 Å². The minimum absolute atomic E-state index is 0.0360. The Morgan fingerprint density at radius 3 is 2.65 bits per heavy atom. The second-order valence-electron chi connectivity index (χ2n) is 4.11. The third-order valence-corrected chi connectivity index (χ3v) is 3.10. The highest BCUT2D eigenvalue weighted by Crippen LogP contribution is 2.28. The molecule has 0 bridgehead atoms. The molecular weight excluding hydrogens is 214 g/mol. The van der Waals surface area contributed by atoms with Gasteiger partial charge in [-0.2, -0.15) is 0 Å². The number of aromatic nitrogens is 1. The van der Waals surface area contributed by atoms with Crippen LogP contribution in [-0.4, -0.2) is 9.67 Å². The van der Waals surface area contributed by atoms with Crippen molar-refractivity contribution in [3.63, 3.8) is 0 Å². The average Bonchev–Trinajstić information content (AvgIpc) is 2.35. The van der Waals surface area contributed by atoms with Crippen molar-refractivity contribution < 1.29 is 5.11 Å². The van der Waals surface area contributed by atoms with Crippen molar-refractivity contribution in [2.24, 2.45) is 7.05 Å². The lowest BCUT2D eigenvalue weighted by molar-refractivity contribution is 0.479. The summed E-state index contributed by atoms with van der Waals surface area (Å²) >= 11 is 0. The molecule has 0 saturated carbocycles. The Kier molecular flexibility index (Phi) is 1.95. The number of nitrogens with zero attached hydrogens (tertiary/aromatic N) is 1. The lowest BCUT2D eigenvalue weighted by atomic mass is 10.1. The summed E-state index contributed by atoms with van der Waals surface area (Å²) < 4.78 is 1.57. The van der Waals surface area contributed by atoms with Crippen LogP contribution < -0.4 is 5.56 Å². The first-order valence-electron chi connectivity index (χ1n) is 5.39. The first kappa shape index (κ1) is 9.90. The maximum atomic E-state index is 11.7. The van der Waals surface area contributed by atoms with E-state index in [0.29, 0.717) is 5.39 Å². The van der Waals surface area contributed by atoms with Crippen LogP contribution in [-0.2, 0) is 7.05 Å². The first-order valence-corrected chi connectivity index (χ1v) is 5.39. The van der Waals surface area contributed by atoms with Crippen LogP contribution in [0.4, 0.5) is 0 Å². The Labute approximate surface area is 97.5 Å². The highest BCUT2D eigenvalue weighted by molar-refractivity contribution is 6.07. The van der Waals surface area contributed by atoms with Crippen molar-refractivity contribution in [2.45, 2.75) is 0 Å². The molecule has 3 nitrogen and oxygen atoms in total. The van der Waals surface area contributed by atoms with E-state index in [2.05, 4.69) is 0 Å². The average molecular weight is 225 g/mol. The highest BCUT2D eigenvalue weighted by Gasteiger charge is 2.08. The van der Waals surface area contributed by atoms with Crippen LogP contribution >= 0.6 is 0 Å². The molecule has 0 unspecified atom stereocenters. The number of fused-ring (bicyclic) bond motifs is 3. The fraction of sp³-hybridized carbons (Fsp3) is 0.0714. The van der Waals surface area contributed by atoms with E-state index < -0.39 is 0 Å². The largest absolute Gasteiger partial charge is 0.507 e. The molecule has 3 heteroatoms. The van der Waals surface area contributed by atoms with Gasteiger partial charge in [-0.3, -0.25) is 4.79 Å². The molecule has 84 valence electrons. The Hall–Kier alpha value is -2.29. The lowest BCUT2D eigenvalue weighted by Gasteiger charge is -2.09. The zero-order valence-corrected chi connectivity index (χ0v) is 9.34. The van der Waals surface area contributed by atoms with Gasteiger partial charge in [-0.15, -0.1) is 0 Å². The van der Waals surface area contributed by atoms with E-state index in [9.17, 15) is 9.90 Å². The molecule has 2 aromatic carbocycles. The van der Waals surface area contributed by atoms with Crippen LogP contribution in [0, 0.1) is 0 Å². The zero-order chi connectivity index (χ0) is 12.0. The molecule has 0 fully saturated rings. The standard InChI is InChI=1S/C14H11NO2/c1-15-13(17)8-12(16)11-7-6-9-4-2-3-5-10(9)14(11)15/h2-8,16H,1H3. The van der Waals surface area contributed by atoms with Gasteiger partial charge >= 0.3 is 0 Å². The monoisotopic (exact) mass is 225 g/mol. The molecule has 3 rings (SSSR count).